The summed E-state index contributed by atoms with van der Waals surface area (Å²) in [6.45, 7) is 5.97. The number of hydrogen-bond donors (Lipinski definition) is 0. The third-order valence-electron chi connectivity index (χ3n) is 8.82. The first-order chi connectivity index (χ1) is 12.6. The lowest BCUT2D eigenvalue weighted by Crippen LogP contribution is -2.53. The maximum Gasteiger partial charge on any atom is 0.209 e. The number of carbonyl (C=O) groups is 1. The Balaban J connectivity index is 0.00000180. The summed E-state index contributed by atoms with van der Waals surface area (Å²) in [6.07, 6.45) is 15.1. The van der Waals surface area contributed by atoms with Crippen LogP contribution in [0.3, 0.4) is 0 Å². The summed E-state index contributed by atoms with van der Waals surface area (Å²) in [4.78, 5) is 18.0. The predicted molar refractivity (Wildman–Crippen MR) is 105 cm³/mol. The van der Waals surface area contributed by atoms with Crippen molar-refractivity contribution in [2.75, 3.05) is 6.54 Å². The molecular formula is C23H32N2O. The summed E-state index contributed by atoms with van der Waals surface area (Å²) in [6, 6.07) is 4.78. The first-order valence-corrected chi connectivity index (χ1v) is 10.4. The van der Waals surface area contributed by atoms with Crippen LogP contribution in [0.25, 0.3) is 5.57 Å². The van der Waals surface area contributed by atoms with E-state index < -0.39 is 0 Å². The van der Waals surface area contributed by atoms with Crippen molar-refractivity contribution in [2.24, 2.45) is 28.6 Å². The van der Waals surface area contributed by atoms with Crippen LogP contribution in [0.4, 0.5) is 0 Å². The minimum absolute atomic E-state index is 0. The zero-order valence-electron chi connectivity index (χ0n) is 16.0. The van der Waals surface area contributed by atoms with E-state index in [1.807, 2.05) is 12.4 Å². The molecular weight excluding hydrogens is 320 g/mol. The maximum absolute atomic E-state index is 11.5. The topological polar surface area (TPSA) is 33.2 Å². The summed E-state index contributed by atoms with van der Waals surface area (Å²) in [5.74, 6) is 2.36. The molecule has 26 heavy (non-hydrogen) atoms. The van der Waals surface area contributed by atoms with Crippen LogP contribution in [0.5, 0.6) is 0 Å². The molecule has 0 radical (unpaired) electrons. The monoisotopic (exact) mass is 352 g/mol. The fourth-order valence-corrected chi connectivity index (χ4v) is 7.52. The van der Waals surface area contributed by atoms with Crippen molar-refractivity contribution < 1.29 is 6.22 Å². The third-order valence-corrected chi connectivity index (χ3v) is 8.82. The molecule has 0 spiro atoms. The molecule has 1 saturated heterocycles. The molecule has 5 rings (SSSR count). The minimum Gasteiger partial charge on any atom is -0.342 e. The Morgan fingerprint density at radius 1 is 1.23 bits per heavy atom. The normalized spacial score (nSPS) is 44.1. The second kappa shape index (κ2) is 5.68. The highest BCUT2D eigenvalue weighted by Gasteiger charge is 2.60. The van der Waals surface area contributed by atoms with E-state index in [1.54, 1.807) is 5.57 Å². The van der Waals surface area contributed by atoms with E-state index in [1.165, 1.54) is 44.1 Å². The minimum atomic E-state index is 0. The van der Waals surface area contributed by atoms with Crippen LogP contribution in [0.15, 0.2) is 30.6 Å². The van der Waals surface area contributed by atoms with Gasteiger partial charge in [0, 0.05) is 26.4 Å². The highest BCUT2D eigenvalue weighted by Crippen LogP contribution is 2.66. The van der Waals surface area contributed by atoms with Crippen molar-refractivity contribution in [3.63, 3.8) is 0 Å². The van der Waals surface area contributed by atoms with Crippen molar-refractivity contribution in [1.82, 2.24) is 9.88 Å². The SMILES string of the molecule is C[C@]12CCN(C=O)C1CC[C@@H]1C2CC[C@]2(C)C(c3cccnc3)=CCC12.[HH]. The van der Waals surface area contributed by atoms with Crippen LogP contribution in [-0.2, 0) is 4.79 Å². The van der Waals surface area contributed by atoms with Gasteiger partial charge in [-0.15, -0.1) is 0 Å². The summed E-state index contributed by atoms with van der Waals surface area (Å²) >= 11 is 0. The average Bonchev–Trinajstić information content (AvgIpc) is 3.19. The fraction of sp³-hybridized carbons (Fsp3) is 0.652. The van der Waals surface area contributed by atoms with Gasteiger partial charge in [0.2, 0.25) is 6.41 Å². The first-order valence-electron chi connectivity index (χ1n) is 10.4. The number of carbonyl (C=O) groups excluding carboxylic acids is 1. The van der Waals surface area contributed by atoms with Crippen molar-refractivity contribution in [3.8, 4) is 0 Å². The number of likely N-dealkylation sites (tertiary alicyclic amines) is 1. The van der Waals surface area contributed by atoms with Gasteiger partial charge in [0.25, 0.3) is 0 Å². The molecule has 0 bridgehead atoms. The number of fused-ring (bicyclic) bond motifs is 5. The molecule has 4 aliphatic rings. The highest BCUT2D eigenvalue weighted by atomic mass is 16.1. The number of amides is 1. The summed E-state index contributed by atoms with van der Waals surface area (Å²) in [5.41, 5.74) is 3.50. The molecule has 3 aliphatic carbocycles. The number of rotatable bonds is 2. The van der Waals surface area contributed by atoms with Crippen LogP contribution in [0.2, 0.25) is 0 Å². The maximum atomic E-state index is 11.5. The van der Waals surface area contributed by atoms with Gasteiger partial charge in [0.1, 0.15) is 0 Å². The molecule has 1 aliphatic heterocycles. The lowest BCUT2D eigenvalue weighted by Gasteiger charge is -2.57. The molecule has 140 valence electrons. The van der Waals surface area contributed by atoms with Gasteiger partial charge in [0.15, 0.2) is 0 Å². The van der Waals surface area contributed by atoms with E-state index in [9.17, 15) is 4.79 Å². The molecule has 1 aromatic rings. The fourth-order valence-electron chi connectivity index (χ4n) is 7.52. The zero-order chi connectivity index (χ0) is 17.9. The molecule has 3 heteroatoms. The molecule has 2 saturated carbocycles. The Bertz CT molecular complexity index is 750. The molecule has 0 aromatic carbocycles. The number of nitrogens with zero attached hydrogens (tertiary/aromatic N) is 2. The van der Waals surface area contributed by atoms with E-state index in [-0.39, 0.29) is 1.43 Å². The van der Waals surface area contributed by atoms with Gasteiger partial charge in [0.05, 0.1) is 0 Å². The second-order valence-corrected chi connectivity index (χ2v) is 9.62. The van der Waals surface area contributed by atoms with E-state index >= 15 is 0 Å². The lowest BCUT2D eigenvalue weighted by atomic mass is 9.48. The number of allylic oxidation sites excluding steroid dienone is 2. The molecule has 1 amide bonds. The van der Waals surface area contributed by atoms with Gasteiger partial charge >= 0.3 is 0 Å². The molecule has 6 atom stereocenters. The second-order valence-electron chi connectivity index (χ2n) is 9.62. The Morgan fingerprint density at radius 3 is 2.88 bits per heavy atom. The van der Waals surface area contributed by atoms with E-state index in [0.717, 1.165) is 30.7 Å². The average molecular weight is 353 g/mol. The summed E-state index contributed by atoms with van der Waals surface area (Å²) in [5, 5.41) is 0. The Labute approximate surface area is 158 Å². The van der Waals surface area contributed by atoms with Crippen LogP contribution in [-0.4, -0.2) is 28.9 Å². The molecule has 3 nitrogen and oxygen atoms in total. The van der Waals surface area contributed by atoms with Gasteiger partial charge in [-0.3, -0.25) is 9.78 Å². The van der Waals surface area contributed by atoms with E-state index in [2.05, 4.69) is 41.9 Å². The largest absolute Gasteiger partial charge is 0.342 e. The number of aromatic nitrogens is 1. The van der Waals surface area contributed by atoms with Crippen molar-refractivity contribution in [3.05, 3.63) is 36.2 Å². The Hall–Kier alpha value is -1.64. The standard InChI is InChI=1S/C23H30N2O.H2/c1-22-10-9-20-17(5-8-21-23(20,2)11-13-25(21)15-26)19(22)7-6-18(22)16-4-3-12-24-14-16;/h3-4,6,12,14-15,17,19-21H,5,7-11,13H2,1-2H3;1H/t17-,19?,20?,21?,22+,23+;/m0./s1. The lowest BCUT2D eigenvalue weighted by molar-refractivity contribution is -0.123. The Morgan fingerprint density at radius 2 is 2.12 bits per heavy atom. The number of pyridine rings is 1. The van der Waals surface area contributed by atoms with Crippen LogP contribution in [0.1, 0.15) is 59.4 Å². The van der Waals surface area contributed by atoms with Gasteiger partial charge in [-0.2, -0.15) is 0 Å². The quantitative estimate of drug-likeness (QED) is 0.717. The smallest absolute Gasteiger partial charge is 0.209 e. The molecule has 2 heterocycles. The molecule has 3 fully saturated rings. The van der Waals surface area contributed by atoms with E-state index in [4.69, 9.17) is 0 Å². The predicted octanol–water partition coefficient (Wildman–Crippen LogP) is 4.79. The van der Waals surface area contributed by atoms with Crippen LogP contribution >= 0.6 is 0 Å². The molecule has 3 unspecified atom stereocenters. The zero-order valence-corrected chi connectivity index (χ0v) is 16.0. The van der Waals surface area contributed by atoms with E-state index in [0.29, 0.717) is 16.9 Å². The van der Waals surface area contributed by atoms with Gasteiger partial charge in [-0.1, -0.05) is 26.0 Å². The summed E-state index contributed by atoms with van der Waals surface area (Å²) in [7, 11) is 0. The Kier molecular flexibility index (Phi) is 3.61. The summed E-state index contributed by atoms with van der Waals surface area (Å²) < 4.78 is 0. The van der Waals surface area contributed by atoms with Crippen LogP contribution in [0, 0.1) is 28.6 Å². The van der Waals surface area contributed by atoms with Crippen molar-refractivity contribution in [1.29, 1.82) is 0 Å². The van der Waals surface area contributed by atoms with Crippen LogP contribution < -0.4 is 0 Å². The van der Waals surface area contributed by atoms with Gasteiger partial charge in [-0.05, 0) is 84.3 Å². The molecule has 1 aromatic heterocycles. The first kappa shape index (κ1) is 16.5. The van der Waals surface area contributed by atoms with Gasteiger partial charge in [-0.25, -0.2) is 0 Å². The molecule has 0 N–H and O–H groups in total. The number of hydrogen-bond acceptors (Lipinski definition) is 2. The van der Waals surface area contributed by atoms with Crippen molar-refractivity contribution >= 4 is 12.0 Å². The van der Waals surface area contributed by atoms with Crippen molar-refractivity contribution in [2.45, 2.75) is 58.4 Å². The third kappa shape index (κ3) is 2.06. The van der Waals surface area contributed by atoms with Gasteiger partial charge < -0.3 is 4.90 Å². The highest BCUT2D eigenvalue weighted by molar-refractivity contribution is 5.72.